The molecule has 4 heteroatoms. The first-order chi connectivity index (χ1) is 8.39. The highest BCUT2D eigenvalue weighted by Crippen LogP contribution is 2.30. The number of hydrogen-bond acceptors (Lipinski definition) is 3. The average molecular weight is 256 g/mol. The zero-order chi connectivity index (χ0) is 13.8. The van der Waals surface area contributed by atoms with Crippen LogP contribution in [-0.4, -0.2) is 40.6 Å². The van der Waals surface area contributed by atoms with Crippen LogP contribution in [0.5, 0.6) is 0 Å². The second kappa shape index (κ2) is 6.53. The molecule has 0 aliphatic heterocycles. The van der Waals surface area contributed by atoms with Crippen LogP contribution >= 0.6 is 0 Å². The molecule has 1 fully saturated rings. The molecule has 4 nitrogen and oxygen atoms in total. The Balaban J connectivity index is 2.34. The van der Waals surface area contributed by atoms with Crippen molar-refractivity contribution in [2.75, 3.05) is 13.1 Å². The molecule has 0 saturated heterocycles. The van der Waals surface area contributed by atoms with Gasteiger partial charge in [0.25, 0.3) is 0 Å². The second-order valence-electron chi connectivity index (χ2n) is 5.95. The molecule has 3 N–H and O–H groups in total. The molecule has 1 unspecified atom stereocenters. The Morgan fingerprint density at radius 1 is 1.50 bits per heavy atom. The summed E-state index contributed by atoms with van der Waals surface area (Å²) in [5, 5.41) is 9.12. The molecule has 0 heterocycles. The first-order valence-corrected chi connectivity index (χ1v) is 7.15. The van der Waals surface area contributed by atoms with Crippen molar-refractivity contribution in [1.29, 1.82) is 0 Å². The number of nitrogens with zero attached hydrogens (tertiary/aromatic N) is 1. The van der Waals surface area contributed by atoms with Crippen LogP contribution in [0.15, 0.2) is 0 Å². The molecular formula is C14H28N2O2. The lowest BCUT2D eigenvalue weighted by Crippen LogP contribution is -2.48. The number of carboxylic acid groups (broad SMARTS) is 1. The van der Waals surface area contributed by atoms with E-state index in [2.05, 4.69) is 18.7 Å². The van der Waals surface area contributed by atoms with Crippen LogP contribution in [0.1, 0.15) is 52.9 Å². The van der Waals surface area contributed by atoms with Crippen molar-refractivity contribution >= 4 is 5.97 Å². The zero-order valence-electron chi connectivity index (χ0n) is 12.0. The van der Waals surface area contributed by atoms with Gasteiger partial charge in [0, 0.05) is 12.6 Å². The van der Waals surface area contributed by atoms with Crippen LogP contribution in [0.3, 0.4) is 0 Å². The molecule has 0 radical (unpaired) electrons. The van der Waals surface area contributed by atoms with Gasteiger partial charge in [-0.3, -0.25) is 4.79 Å². The highest BCUT2D eigenvalue weighted by atomic mass is 16.4. The summed E-state index contributed by atoms with van der Waals surface area (Å²) in [7, 11) is 0. The van der Waals surface area contributed by atoms with E-state index in [1.165, 1.54) is 12.8 Å². The lowest BCUT2D eigenvalue weighted by Gasteiger charge is -2.29. The van der Waals surface area contributed by atoms with E-state index < -0.39 is 11.5 Å². The minimum atomic E-state index is -1.04. The molecule has 0 bridgehead atoms. The summed E-state index contributed by atoms with van der Waals surface area (Å²) >= 11 is 0. The maximum absolute atomic E-state index is 11.1. The number of rotatable bonds is 9. The van der Waals surface area contributed by atoms with Crippen LogP contribution in [0, 0.1) is 5.92 Å². The van der Waals surface area contributed by atoms with Crippen molar-refractivity contribution in [2.24, 2.45) is 11.7 Å². The Bertz CT molecular complexity index is 277. The van der Waals surface area contributed by atoms with Gasteiger partial charge in [-0.2, -0.15) is 0 Å². The zero-order valence-corrected chi connectivity index (χ0v) is 12.0. The highest BCUT2D eigenvalue weighted by Gasteiger charge is 2.32. The van der Waals surface area contributed by atoms with E-state index in [1.54, 1.807) is 0 Å². The highest BCUT2D eigenvalue weighted by molar-refractivity contribution is 5.78. The number of nitrogens with two attached hydrogens (primary N) is 1. The molecule has 106 valence electrons. The average Bonchev–Trinajstić information content (AvgIpc) is 3.10. The maximum Gasteiger partial charge on any atom is 0.323 e. The third kappa shape index (κ3) is 4.58. The molecular weight excluding hydrogens is 228 g/mol. The predicted octanol–water partition coefficient (Wildman–Crippen LogP) is 2.08. The molecule has 0 aromatic carbocycles. The van der Waals surface area contributed by atoms with Crippen LogP contribution < -0.4 is 5.73 Å². The topological polar surface area (TPSA) is 66.6 Å². The SMILES string of the molecule is CCC(N)(CCCN(CC1CC1)C(C)C)C(=O)O. The summed E-state index contributed by atoms with van der Waals surface area (Å²) < 4.78 is 0. The molecule has 0 spiro atoms. The molecule has 1 rings (SSSR count). The smallest absolute Gasteiger partial charge is 0.323 e. The van der Waals surface area contributed by atoms with Crippen LogP contribution in [0.2, 0.25) is 0 Å². The molecule has 1 atom stereocenters. The number of aliphatic carboxylic acids is 1. The largest absolute Gasteiger partial charge is 0.480 e. The van der Waals surface area contributed by atoms with E-state index in [4.69, 9.17) is 10.8 Å². The number of carboxylic acids is 1. The van der Waals surface area contributed by atoms with E-state index in [9.17, 15) is 4.79 Å². The molecule has 0 aromatic heterocycles. The lowest BCUT2D eigenvalue weighted by molar-refractivity contribution is -0.143. The van der Waals surface area contributed by atoms with E-state index in [0.717, 1.165) is 25.4 Å². The minimum absolute atomic E-state index is 0.493. The normalized spacial score (nSPS) is 19.2. The van der Waals surface area contributed by atoms with Crippen molar-refractivity contribution in [2.45, 2.75) is 64.5 Å². The Kier molecular flexibility index (Phi) is 5.60. The van der Waals surface area contributed by atoms with Gasteiger partial charge in [0.2, 0.25) is 0 Å². The van der Waals surface area contributed by atoms with Gasteiger partial charge in [0.05, 0.1) is 0 Å². The Morgan fingerprint density at radius 3 is 2.50 bits per heavy atom. The third-order valence-electron chi connectivity index (χ3n) is 4.04. The first kappa shape index (κ1) is 15.4. The van der Waals surface area contributed by atoms with Crippen LogP contribution in [0.4, 0.5) is 0 Å². The van der Waals surface area contributed by atoms with Crippen molar-refractivity contribution in [3.8, 4) is 0 Å². The van der Waals surface area contributed by atoms with Crippen LogP contribution in [-0.2, 0) is 4.79 Å². The van der Waals surface area contributed by atoms with E-state index in [1.807, 2.05) is 6.92 Å². The van der Waals surface area contributed by atoms with Gasteiger partial charge in [0.1, 0.15) is 5.54 Å². The van der Waals surface area contributed by atoms with E-state index in [-0.39, 0.29) is 0 Å². The number of carbonyl (C=O) groups is 1. The van der Waals surface area contributed by atoms with Gasteiger partial charge in [-0.1, -0.05) is 6.92 Å². The van der Waals surface area contributed by atoms with Crippen molar-refractivity contribution in [3.63, 3.8) is 0 Å². The van der Waals surface area contributed by atoms with Gasteiger partial charge < -0.3 is 15.7 Å². The van der Waals surface area contributed by atoms with Gasteiger partial charge in [-0.05, 0) is 58.4 Å². The summed E-state index contributed by atoms with van der Waals surface area (Å²) in [6, 6.07) is 0.532. The summed E-state index contributed by atoms with van der Waals surface area (Å²) in [6.45, 7) is 8.37. The lowest BCUT2D eigenvalue weighted by atomic mass is 9.91. The fourth-order valence-corrected chi connectivity index (χ4v) is 2.22. The van der Waals surface area contributed by atoms with Crippen LogP contribution in [0.25, 0.3) is 0 Å². The van der Waals surface area contributed by atoms with Crippen molar-refractivity contribution in [1.82, 2.24) is 4.90 Å². The standard InChI is InChI=1S/C14H28N2O2/c1-4-14(15,13(17)18)8-5-9-16(11(2)3)10-12-6-7-12/h11-12H,4-10,15H2,1-3H3,(H,17,18). The van der Waals surface area contributed by atoms with Crippen molar-refractivity contribution < 1.29 is 9.90 Å². The molecule has 1 saturated carbocycles. The van der Waals surface area contributed by atoms with Gasteiger partial charge in [0.15, 0.2) is 0 Å². The Morgan fingerprint density at radius 2 is 2.11 bits per heavy atom. The Hall–Kier alpha value is -0.610. The quantitative estimate of drug-likeness (QED) is 0.663. The number of hydrogen-bond donors (Lipinski definition) is 2. The van der Waals surface area contributed by atoms with Gasteiger partial charge in [-0.25, -0.2) is 0 Å². The van der Waals surface area contributed by atoms with E-state index in [0.29, 0.717) is 18.9 Å². The van der Waals surface area contributed by atoms with Gasteiger partial charge >= 0.3 is 5.97 Å². The summed E-state index contributed by atoms with van der Waals surface area (Å²) in [4.78, 5) is 13.6. The third-order valence-corrected chi connectivity index (χ3v) is 4.04. The molecule has 1 aliphatic carbocycles. The summed E-state index contributed by atoms with van der Waals surface area (Å²) in [6.07, 6.45) is 4.63. The second-order valence-corrected chi connectivity index (χ2v) is 5.95. The van der Waals surface area contributed by atoms with Gasteiger partial charge in [-0.15, -0.1) is 0 Å². The Labute approximate surface area is 111 Å². The summed E-state index contributed by atoms with van der Waals surface area (Å²) in [5.41, 5.74) is 4.86. The molecule has 18 heavy (non-hydrogen) atoms. The van der Waals surface area contributed by atoms with Crippen molar-refractivity contribution in [3.05, 3.63) is 0 Å². The summed E-state index contributed by atoms with van der Waals surface area (Å²) in [5.74, 6) is 0.00368. The molecule has 1 aliphatic rings. The first-order valence-electron chi connectivity index (χ1n) is 7.15. The fourth-order valence-electron chi connectivity index (χ4n) is 2.22. The molecule has 0 aromatic rings. The molecule has 0 amide bonds. The van der Waals surface area contributed by atoms with E-state index >= 15 is 0 Å². The predicted molar refractivity (Wildman–Crippen MR) is 73.5 cm³/mol. The monoisotopic (exact) mass is 256 g/mol. The maximum atomic E-state index is 11.1. The fraction of sp³-hybridized carbons (Fsp3) is 0.929. The minimum Gasteiger partial charge on any atom is -0.480 e.